The molecule has 10 heteroatoms. The molecular formula is C10H15NO9. The molecule has 2 saturated heterocycles. The second-order valence-electron chi connectivity index (χ2n) is 4.46. The number of aliphatic hydroxyl groups is 4. The molecule has 0 saturated carbocycles. The molecule has 0 aromatic rings. The highest BCUT2D eigenvalue weighted by molar-refractivity contribution is 5.76. The van der Waals surface area contributed by atoms with Crippen LogP contribution in [0, 0.1) is 0 Å². The first kappa shape index (κ1) is 14.9. The Balaban J connectivity index is 1.86. The van der Waals surface area contributed by atoms with Gasteiger partial charge >= 0.3 is 12.1 Å². The molecule has 2 fully saturated rings. The van der Waals surface area contributed by atoms with Crippen LogP contribution in [0.3, 0.4) is 0 Å². The quantitative estimate of drug-likeness (QED) is 0.332. The topological polar surface area (TPSA) is 155 Å². The maximum Gasteiger partial charge on any atom is 0.407 e. The lowest BCUT2D eigenvalue weighted by Gasteiger charge is -2.36. The van der Waals surface area contributed by atoms with E-state index in [0.29, 0.717) is 0 Å². The number of ether oxygens (including phenoxy) is 3. The largest absolute Gasteiger partial charge is 0.460 e. The second-order valence-corrected chi connectivity index (χ2v) is 4.46. The van der Waals surface area contributed by atoms with Crippen molar-refractivity contribution in [3.05, 3.63) is 0 Å². The zero-order valence-corrected chi connectivity index (χ0v) is 10.2. The van der Waals surface area contributed by atoms with Crippen LogP contribution in [0.15, 0.2) is 0 Å². The lowest BCUT2D eigenvalue weighted by Crippen LogP contribution is -2.60. The van der Waals surface area contributed by atoms with Gasteiger partial charge in [-0.15, -0.1) is 0 Å². The van der Waals surface area contributed by atoms with E-state index in [0.717, 1.165) is 0 Å². The molecule has 5 N–H and O–H groups in total. The molecule has 0 bridgehead atoms. The Morgan fingerprint density at radius 3 is 2.55 bits per heavy atom. The first-order valence-electron chi connectivity index (χ1n) is 5.89. The molecule has 0 aromatic carbocycles. The standard InChI is InChI=1S/C10H15NO9/c12-4-5(13)7(20-8(15)6(4)14)9(16)18-2-3-1-11-10(17)19-3/h3-8,12-15H,1-2H2,(H,11,17)/t3-,4-,5+,6+,7-,8?/m0/s1. The van der Waals surface area contributed by atoms with Gasteiger partial charge in [0.05, 0.1) is 6.54 Å². The lowest BCUT2D eigenvalue weighted by molar-refractivity contribution is -0.281. The number of carbonyl (C=O) groups is 2. The molecule has 0 aromatic heterocycles. The van der Waals surface area contributed by atoms with Gasteiger partial charge < -0.3 is 40.0 Å². The summed E-state index contributed by atoms with van der Waals surface area (Å²) in [7, 11) is 0. The summed E-state index contributed by atoms with van der Waals surface area (Å²) in [6, 6.07) is 0. The summed E-state index contributed by atoms with van der Waals surface area (Å²) >= 11 is 0. The van der Waals surface area contributed by atoms with E-state index in [1.54, 1.807) is 0 Å². The molecule has 10 nitrogen and oxygen atoms in total. The van der Waals surface area contributed by atoms with E-state index in [4.69, 9.17) is 9.47 Å². The van der Waals surface area contributed by atoms with E-state index >= 15 is 0 Å². The number of rotatable bonds is 3. The van der Waals surface area contributed by atoms with Gasteiger partial charge in [-0.1, -0.05) is 0 Å². The summed E-state index contributed by atoms with van der Waals surface area (Å²) in [6.45, 7) is -0.0942. The molecule has 0 radical (unpaired) electrons. The fourth-order valence-corrected chi connectivity index (χ4v) is 1.84. The van der Waals surface area contributed by atoms with E-state index in [-0.39, 0.29) is 13.2 Å². The van der Waals surface area contributed by atoms with Crippen LogP contribution in [0.4, 0.5) is 4.79 Å². The molecule has 114 valence electrons. The predicted octanol–water partition coefficient (Wildman–Crippen LogP) is -3.56. The van der Waals surface area contributed by atoms with Gasteiger partial charge in [-0.3, -0.25) is 0 Å². The van der Waals surface area contributed by atoms with Crippen LogP contribution in [0.1, 0.15) is 0 Å². The zero-order valence-electron chi connectivity index (χ0n) is 10.2. The van der Waals surface area contributed by atoms with Crippen molar-refractivity contribution in [2.75, 3.05) is 13.2 Å². The second kappa shape index (κ2) is 5.89. The lowest BCUT2D eigenvalue weighted by atomic mass is 9.99. The Hall–Kier alpha value is -1.46. The first-order valence-corrected chi connectivity index (χ1v) is 5.89. The van der Waals surface area contributed by atoms with Gasteiger partial charge in [0.1, 0.15) is 24.9 Å². The summed E-state index contributed by atoms with van der Waals surface area (Å²) in [6.07, 6.45) is -9.98. The predicted molar refractivity (Wildman–Crippen MR) is 58.1 cm³/mol. The molecular weight excluding hydrogens is 278 g/mol. The number of alkyl carbamates (subject to hydrolysis) is 1. The van der Waals surface area contributed by atoms with Crippen molar-refractivity contribution in [1.29, 1.82) is 0 Å². The zero-order chi connectivity index (χ0) is 14.9. The summed E-state index contributed by atoms with van der Waals surface area (Å²) in [4.78, 5) is 22.4. The molecule has 1 amide bonds. The highest BCUT2D eigenvalue weighted by Gasteiger charge is 2.47. The average molecular weight is 293 g/mol. The van der Waals surface area contributed by atoms with Gasteiger partial charge in [-0.05, 0) is 0 Å². The van der Waals surface area contributed by atoms with E-state index in [1.807, 2.05) is 0 Å². The van der Waals surface area contributed by atoms with Crippen LogP contribution in [-0.2, 0) is 19.0 Å². The normalized spacial score (nSPS) is 40.9. The number of amides is 1. The third kappa shape index (κ3) is 2.99. The molecule has 6 atom stereocenters. The van der Waals surface area contributed by atoms with Crippen LogP contribution >= 0.6 is 0 Å². The molecule has 2 aliphatic heterocycles. The van der Waals surface area contributed by atoms with Crippen LogP contribution in [0.5, 0.6) is 0 Å². The Morgan fingerprint density at radius 1 is 1.25 bits per heavy atom. The average Bonchev–Trinajstić information content (AvgIpc) is 2.83. The number of aliphatic hydroxyl groups excluding tert-OH is 4. The Bertz CT molecular complexity index is 389. The minimum atomic E-state index is -1.82. The third-order valence-corrected chi connectivity index (χ3v) is 2.98. The Labute approximate surface area is 112 Å². The monoisotopic (exact) mass is 293 g/mol. The summed E-state index contributed by atoms with van der Waals surface area (Å²) in [5, 5.41) is 39.9. The van der Waals surface area contributed by atoms with Crippen molar-refractivity contribution in [2.24, 2.45) is 0 Å². The molecule has 0 spiro atoms. The van der Waals surface area contributed by atoms with Crippen molar-refractivity contribution in [1.82, 2.24) is 5.32 Å². The highest BCUT2D eigenvalue weighted by Crippen LogP contribution is 2.20. The van der Waals surface area contributed by atoms with Gasteiger partial charge in [-0.25, -0.2) is 9.59 Å². The summed E-state index contributed by atoms with van der Waals surface area (Å²) in [5.74, 6) is -1.05. The number of nitrogens with one attached hydrogen (secondary N) is 1. The molecule has 20 heavy (non-hydrogen) atoms. The van der Waals surface area contributed by atoms with E-state index in [1.165, 1.54) is 0 Å². The number of esters is 1. The number of carbonyl (C=O) groups excluding carboxylic acids is 2. The maximum absolute atomic E-state index is 11.7. The number of hydrogen-bond donors (Lipinski definition) is 5. The SMILES string of the molecule is O=C1NC[C@@H](COC(=O)[C@H]2OC(O)[C@H](O)[C@@H](O)[C@H]2O)O1. The fraction of sp³-hybridized carbons (Fsp3) is 0.800. The van der Waals surface area contributed by atoms with Gasteiger partial charge in [0.2, 0.25) is 0 Å². The van der Waals surface area contributed by atoms with E-state index in [9.17, 15) is 30.0 Å². The van der Waals surface area contributed by atoms with Crippen LogP contribution in [-0.4, -0.2) is 82.5 Å². The van der Waals surface area contributed by atoms with Crippen molar-refractivity contribution in [3.63, 3.8) is 0 Å². The number of hydrogen-bond acceptors (Lipinski definition) is 9. The van der Waals surface area contributed by atoms with Gasteiger partial charge in [0.25, 0.3) is 0 Å². The van der Waals surface area contributed by atoms with Crippen LogP contribution in [0.25, 0.3) is 0 Å². The van der Waals surface area contributed by atoms with Crippen molar-refractivity contribution < 1.29 is 44.2 Å². The third-order valence-electron chi connectivity index (χ3n) is 2.98. The Kier molecular flexibility index (Phi) is 4.40. The highest BCUT2D eigenvalue weighted by atomic mass is 16.7. The molecule has 2 rings (SSSR count). The van der Waals surface area contributed by atoms with Crippen molar-refractivity contribution in [3.8, 4) is 0 Å². The first-order chi connectivity index (χ1) is 9.40. The minimum absolute atomic E-state index is 0.171. The van der Waals surface area contributed by atoms with Crippen molar-refractivity contribution >= 4 is 12.1 Å². The number of cyclic esters (lactones) is 1. The Morgan fingerprint density at radius 2 is 1.95 bits per heavy atom. The minimum Gasteiger partial charge on any atom is -0.460 e. The fourth-order valence-electron chi connectivity index (χ4n) is 1.84. The molecule has 2 heterocycles. The van der Waals surface area contributed by atoms with E-state index in [2.05, 4.69) is 10.1 Å². The summed E-state index contributed by atoms with van der Waals surface area (Å²) < 4.78 is 14.2. The van der Waals surface area contributed by atoms with Crippen molar-refractivity contribution in [2.45, 2.75) is 36.8 Å². The molecule has 2 aliphatic rings. The van der Waals surface area contributed by atoms with Gasteiger partial charge in [0, 0.05) is 0 Å². The van der Waals surface area contributed by atoms with Gasteiger partial charge in [-0.2, -0.15) is 0 Å². The summed E-state index contributed by atoms with van der Waals surface area (Å²) in [5.41, 5.74) is 0. The van der Waals surface area contributed by atoms with Crippen LogP contribution < -0.4 is 5.32 Å². The van der Waals surface area contributed by atoms with E-state index < -0.39 is 48.9 Å². The smallest absolute Gasteiger partial charge is 0.407 e. The maximum atomic E-state index is 11.7. The van der Waals surface area contributed by atoms with Gasteiger partial charge in [0.15, 0.2) is 18.5 Å². The molecule has 1 unspecified atom stereocenters. The molecule has 0 aliphatic carbocycles. The van der Waals surface area contributed by atoms with Crippen LogP contribution in [0.2, 0.25) is 0 Å².